The van der Waals surface area contributed by atoms with Gasteiger partial charge >= 0.3 is 5.97 Å². The van der Waals surface area contributed by atoms with Gasteiger partial charge in [0.1, 0.15) is 0 Å². The number of hydrogen-bond acceptors (Lipinski definition) is 2. The molecule has 3 saturated carbocycles. The summed E-state index contributed by atoms with van der Waals surface area (Å²) in [5.41, 5.74) is -0.0177. The Kier molecular flexibility index (Phi) is 2.70. The van der Waals surface area contributed by atoms with Gasteiger partial charge < -0.3 is 10.4 Å². The number of rotatable bonds is 3. The molecule has 3 atom stereocenters. The van der Waals surface area contributed by atoms with Crippen LogP contribution in [0.4, 0.5) is 0 Å². The summed E-state index contributed by atoms with van der Waals surface area (Å²) < 4.78 is 0. The van der Waals surface area contributed by atoms with Crippen molar-refractivity contribution in [1.29, 1.82) is 0 Å². The zero-order valence-corrected chi connectivity index (χ0v) is 11.7. The molecule has 2 N–H and O–H groups in total. The molecule has 0 heterocycles. The maximum atomic E-state index is 12.2. The van der Waals surface area contributed by atoms with Crippen molar-refractivity contribution in [2.24, 2.45) is 22.7 Å². The molecule has 3 aliphatic rings. The van der Waals surface area contributed by atoms with E-state index in [1.54, 1.807) is 0 Å². The molecular formula is C15H23NO3. The fraction of sp³-hybridized carbons (Fsp3) is 0.867. The number of amides is 1. The number of carbonyl (C=O) groups is 2. The van der Waals surface area contributed by atoms with Gasteiger partial charge in [0.15, 0.2) is 0 Å². The van der Waals surface area contributed by atoms with Crippen LogP contribution >= 0.6 is 0 Å². The highest BCUT2D eigenvalue weighted by Crippen LogP contribution is 2.60. The predicted molar refractivity (Wildman–Crippen MR) is 70.5 cm³/mol. The molecule has 0 aromatic heterocycles. The van der Waals surface area contributed by atoms with E-state index in [1.807, 2.05) is 13.8 Å². The Morgan fingerprint density at radius 3 is 2.26 bits per heavy atom. The summed E-state index contributed by atoms with van der Waals surface area (Å²) in [7, 11) is 0. The van der Waals surface area contributed by atoms with Crippen molar-refractivity contribution in [3.8, 4) is 0 Å². The number of carbonyl (C=O) groups excluding carboxylic acids is 1. The number of hydrogen-bond donors (Lipinski definition) is 2. The lowest BCUT2D eigenvalue weighted by atomic mass is 9.86. The van der Waals surface area contributed by atoms with Crippen LogP contribution in [0, 0.1) is 22.7 Å². The van der Waals surface area contributed by atoms with E-state index in [4.69, 9.17) is 5.11 Å². The topological polar surface area (TPSA) is 66.4 Å². The summed E-state index contributed by atoms with van der Waals surface area (Å²) >= 11 is 0. The minimum atomic E-state index is -0.840. The zero-order valence-electron chi connectivity index (χ0n) is 11.7. The SMILES string of the molecule is CC1(C)[C@H](C(=O)O)[C@@H]1C(=O)NC1CC12CCCCC2. The van der Waals surface area contributed by atoms with Crippen LogP contribution in [0.5, 0.6) is 0 Å². The van der Waals surface area contributed by atoms with Gasteiger partial charge in [-0.05, 0) is 30.1 Å². The average molecular weight is 265 g/mol. The molecule has 4 heteroatoms. The average Bonchev–Trinajstić information content (AvgIpc) is 3.15. The van der Waals surface area contributed by atoms with Gasteiger partial charge in [-0.2, -0.15) is 0 Å². The molecule has 0 radical (unpaired) electrons. The Bertz CT molecular complexity index is 423. The molecule has 4 nitrogen and oxygen atoms in total. The fourth-order valence-electron chi connectivity index (χ4n) is 4.21. The van der Waals surface area contributed by atoms with Crippen molar-refractivity contribution < 1.29 is 14.7 Å². The van der Waals surface area contributed by atoms with E-state index in [-0.39, 0.29) is 17.2 Å². The van der Waals surface area contributed by atoms with Crippen LogP contribution in [0.1, 0.15) is 52.4 Å². The van der Waals surface area contributed by atoms with Crippen molar-refractivity contribution in [2.75, 3.05) is 0 Å². The van der Waals surface area contributed by atoms with E-state index in [9.17, 15) is 9.59 Å². The van der Waals surface area contributed by atoms with Gasteiger partial charge in [-0.15, -0.1) is 0 Å². The Balaban J connectivity index is 1.58. The second kappa shape index (κ2) is 3.97. The molecule has 0 saturated heterocycles. The summed E-state index contributed by atoms with van der Waals surface area (Å²) in [6.07, 6.45) is 7.43. The van der Waals surface area contributed by atoms with Gasteiger partial charge in [0.25, 0.3) is 0 Å². The molecule has 0 aromatic carbocycles. The van der Waals surface area contributed by atoms with Crippen LogP contribution in [0.2, 0.25) is 0 Å². The molecule has 3 aliphatic carbocycles. The van der Waals surface area contributed by atoms with E-state index in [1.165, 1.54) is 32.1 Å². The molecule has 3 rings (SSSR count). The summed E-state index contributed by atoms with van der Waals surface area (Å²) in [6, 6.07) is 0.311. The van der Waals surface area contributed by atoms with Crippen LogP contribution in [-0.4, -0.2) is 23.0 Å². The quantitative estimate of drug-likeness (QED) is 0.822. The molecule has 1 unspecified atom stereocenters. The highest BCUT2D eigenvalue weighted by atomic mass is 16.4. The van der Waals surface area contributed by atoms with E-state index < -0.39 is 11.9 Å². The van der Waals surface area contributed by atoms with Crippen molar-refractivity contribution in [3.05, 3.63) is 0 Å². The van der Waals surface area contributed by atoms with Crippen molar-refractivity contribution in [3.63, 3.8) is 0 Å². The Hall–Kier alpha value is -1.06. The summed E-state index contributed by atoms with van der Waals surface area (Å²) in [5, 5.41) is 12.2. The number of aliphatic carboxylic acids is 1. The molecule has 3 fully saturated rings. The monoisotopic (exact) mass is 265 g/mol. The van der Waals surface area contributed by atoms with Gasteiger partial charge in [-0.25, -0.2) is 0 Å². The smallest absolute Gasteiger partial charge is 0.307 e. The maximum Gasteiger partial charge on any atom is 0.307 e. The van der Waals surface area contributed by atoms with Crippen LogP contribution in [0.15, 0.2) is 0 Å². The molecule has 0 bridgehead atoms. The van der Waals surface area contributed by atoms with Gasteiger partial charge in [0.05, 0.1) is 11.8 Å². The Morgan fingerprint density at radius 1 is 1.11 bits per heavy atom. The standard InChI is InChI=1S/C15H23NO3/c1-14(2)10(11(14)13(18)19)12(17)16-9-8-15(9)6-4-3-5-7-15/h9-11H,3-8H2,1-2H3,(H,16,17)(H,18,19)/t9?,10-,11+/m1/s1. The lowest BCUT2D eigenvalue weighted by Crippen LogP contribution is -2.33. The number of carboxylic acids is 1. The van der Waals surface area contributed by atoms with Crippen LogP contribution in [0.3, 0.4) is 0 Å². The van der Waals surface area contributed by atoms with Crippen LogP contribution < -0.4 is 5.32 Å². The molecular weight excluding hydrogens is 242 g/mol. The molecule has 19 heavy (non-hydrogen) atoms. The van der Waals surface area contributed by atoms with E-state index >= 15 is 0 Å². The fourth-order valence-corrected chi connectivity index (χ4v) is 4.21. The van der Waals surface area contributed by atoms with E-state index in [2.05, 4.69) is 5.32 Å². The molecule has 0 aromatic rings. The van der Waals surface area contributed by atoms with Gasteiger partial charge in [0.2, 0.25) is 5.91 Å². The largest absolute Gasteiger partial charge is 0.481 e. The van der Waals surface area contributed by atoms with E-state index in [0.717, 1.165) is 6.42 Å². The summed E-state index contributed by atoms with van der Waals surface area (Å²) in [6.45, 7) is 3.75. The first-order valence-electron chi connectivity index (χ1n) is 7.42. The highest BCUT2D eigenvalue weighted by molar-refractivity contribution is 5.92. The molecule has 1 amide bonds. The minimum Gasteiger partial charge on any atom is -0.481 e. The molecule has 106 valence electrons. The molecule has 0 aliphatic heterocycles. The lowest BCUT2D eigenvalue weighted by molar-refractivity contribution is -0.140. The minimum absolute atomic E-state index is 0.0372. The van der Waals surface area contributed by atoms with Gasteiger partial charge in [-0.1, -0.05) is 33.1 Å². The van der Waals surface area contributed by atoms with Crippen LogP contribution in [0.25, 0.3) is 0 Å². The normalized spacial score (nSPS) is 37.7. The highest BCUT2D eigenvalue weighted by Gasteiger charge is 2.67. The van der Waals surface area contributed by atoms with Crippen molar-refractivity contribution >= 4 is 11.9 Å². The van der Waals surface area contributed by atoms with Crippen molar-refractivity contribution in [1.82, 2.24) is 5.32 Å². The molecule has 1 spiro atoms. The zero-order chi connectivity index (χ0) is 13.8. The first kappa shape index (κ1) is 12.9. The summed E-state index contributed by atoms with van der Waals surface area (Å²) in [5.74, 6) is -1.72. The first-order valence-corrected chi connectivity index (χ1v) is 7.42. The Labute approximate surface area is 113 Å². The Morgan fingerprint density at radius 2 is 1.74 bits per heavy atom. The predicted octanol–water partition coefficient (Wildman–Crippen LogP) is 2.18. The number of nitrogens with one attached hydrogen (secondary N) is 1. The lowest BCUT2D eigenvalue weighted by Gasteiger charge is -2.22. The first-order chi connectivity index (χ1) is 8.88. The van der Waals surface area contributed by atoms with Crippen molar-refractivity contribution in [2.45, 2.75) is 58.4 Å². The van der Waals surface area contributed by atoms with Gasteiger partial charge in [0, 0.05) is 6.04 Å². The third-order valence-electron chi connectivity index (χ3n) is 5.73. The van der Waals surface area contributed by atoms with Gasteiger partial charge in [-0.3, -0.25) is 9.59 Å². The van der Waals surface area contributed by atoms with Crippen LogP contribution in [-0.2, 0) is 9.59 Å². The van der Waals surface area contributed by atoms with E-state index in [0.29, 0.717) is 11.5 Å². The second-order valence-electron chi connectivity index (χ2n) is 7.30. The third kappa shape index (κ3) is 1.96. The maximum absolute atomic E-state index is 12.2. The third-order valence-corrected chi connectivity index (χ3v) is 5.73. The summed E-state index contributed by atoms with van der Waals surface area (Å²) in [4.78, 5) is 23.3. The second-order valence-corrected chi connectivity index (χ2v) is 7.30. The number of carboxylic acid groups (broad SMARTS) is 1.